The first kappa shape index (κ1) is 16.0. The Morgan fingerprint density at radius 2 is 2.09 bits per heavy atom. The number of nitrogens with one attached hydrogen (secondary N) is 1. The van der Waals surface area contributed by atoms with Crippen LogP contribution in [0.1, 0.15) is 36.0 Å². The molecule has 122 valence electrons. The van der Waals surface area contributed by atoms with Crippen molar-refractivity contribution < 1.29 is 9.53 Å². The third kappa shape index (κ3) is 3.54. The number of amides is 1. The van der Waals surface area contributed by atoms with Crippen LogP contribution in [0.5, 0.6) is 0 Å². The highest BCUT2D eigenvalue weighted by Crippen LogP contribution is 2.23. The molecule has 1 aromatic carbocycles. The quantitative estimate of drug-likeness (QED) is 0.875. The van der Waals surface area contributed by atoms with E-state index in [1.807, 2.05) is 0 Å². The summed E-state index contributed by atoms with van der Waals surface area (Å²) in [5, 5.41) is 12.2. The summed E-state index contributed by atoms with van der Waals surface area (Å²) in [4.78, 5) is 12.4. The van der Waals surface area contributed by atoms with E-state index in [-0.39, 0.29) is 5.91 Å². The first-order valence-electron chi connectivity index (χ1n) is 8.29. The van der Waals surface area contributed by atoms with Crippen molar-refractivity contribution >= 4 is 5.91 Å². The van der Waals surface area contributed by atoms with E-state index in [4.69, 9.17) is 10.5 Å². The maximum atomic E-state index is 12.4. The predicted octanol–water partition coefficient (Wildman–Crippen LogP) is 1.23. The second kappa shape index (κ2) is 6.69. The minimum atomic E-state index is -0.911. The van der Waals surface area contributed by atoms with E-state index >= 15 is 0 Å². The Labute approximate surface area is 136 Å². The molecule has 1 atom stereocenters. The number of hydrogen-bond acceptors (Lipinski definition) is 4. The highest BCUT2D eigenvalue weighted by Gasteiger charge is 2.36. The van der Waals surface area contributed by atoms with Gasteiger partial charge in [-0.3, -0.25) is 4.79 Å². The van der Waals surface area contributed by atoms with Crippen molar-refractivity contribution in [1.29, 1.82) is 5.26 Å². The Bertz CT molecular complexity index is 630. The lowest BCUT2D eigenvalue weighted by Crippen LogP contribution is -2.58. The summed E-state index contributed by atoms with van der Waals surface area (Å²) >= 11 is 0. The number of carbonyl (C=O) groups is 1. The number of ether oxygens (including phenoxy) is 1. The van der Waals surface area contributed by atoms with Gasteiger partial charge in [0.25, 0.3) is 0 Å². The van der Waals surface area contributed by atoms with Gasteiger partial charge in [-0.2, -0.15) is 5.26 Å². The number of rotatable bonds is 4. The zero-order valence-corrected chi connectivity index (χ0v) is 13.3. The van der Waals surface area contributed by atoms with Gasteiger partial charge in [0.2, 0.25) is 5.91 Å². The van der Waals surface area contributed by atoms with E-state index in [2.05, 4.69) is 29.6 Å². The van der Waals surface area contributed by atoms with Gasteiger partial charge < -0.3 is 15.8 Å². The predicted molar refractivity (Wildman–Crippen MR) is 86.7 cm³/mol. The van der Waals surface area contributed by atoms with E-state index in [1.165, 1.54) is 17.5 Å². The molecule has 0 spiro atoms. The second-order valence-electron chi connectivity index (χ2n) is 6.58. The Kier molecular flexibility index (Phi) is 4.65. The monoisotopic (exact) mass is 313 g/mol. The summed E-state index contributed by atoms with van der Waals surface area (Å²) in [6, 6.07) is 8.02. The van der Waals surface area contributed by atoms with E-state index in [1.54, 1.807) is 0 Å². The molecule has 5 heteroatoms. The van der Waals surface area contributed by atoms with Gasteiger partial charge in [-0.25, -0.2) is 0 Å². The molecular weight excluding hydrogens is 290 g/mol. The van der Waals surface area contributed by atoms with Crippen LogP contribution in [0.25, 0.3) is 0 Å². The molecule has 3 rings (SSSR count). The number of benzene rings is 1. The van der Waals surface area contributed by atoms with Crippen molar-refractivity contribution in [3.8, 4) is 6.07 Å². The fourth-order valence-electron chi connectivity index (χ4n) is 3.38. The third-order valence-corrected chi connectivity index (χ3v) is 4.90. The molecule has 1 heterocycles. The average Bonchev–Trinajstić information content (AvgIpc) is 3.02. The molecule has 1 aromatic rings. The number of fused-ring (bicyclic) bond motifs is 1. The first-order chi connectivity index (χ1) is 11.1. The van der Waals surface area contributed by atoms with E-state index in [0.717, 1.165) is 18.4 Å². The van der Waals surface area contributed by atoms with Crippen LogP contribution in [0.4, 0.5) is 0 Å². The zero-order chi connectivity index (χ0) is 16.3. The molecular formula is C18H23N3O2. The Balaban J connectivity index is 1.64. The van der Waals surface area contributed by atoms with Crippen LogP contribution in [0.15, 0.2) is 18.2 Å². The maximum Gasteiger partial charge on any atom is 0.241 e. The van der Waals surface area contributed by atoms with Crippen LogP contribution in [-0.2, 0) is 28.8 Å². The van der Waals surface area contributed by atoms with Gasteiger partial charge in [0, 0.05) is 19.6 Å². The van der Waals surface area contributed by atoms with Crippen molar-refractivity contribution in [2.75, 3.05) is 13.2 Å². The van der Waals surface area contributed by atoms with Crippen molar-refractivity contribution in [2.45, 2.75) is 50.1 Å². The number of hydrogen-bond donors (Lipinski definition) is 2. The summed E-state index contributed by atoms with van der Waals surface area (Å²) in [6.45, 7) is 0.984. The summed E-state index contributed by atoms with van der Waals surface area (Å²) < 4.78 is 5.26. The highest BCUT2D eigenvalue weighted by atomic mass is 16.5. The maximum absolute atomic E-state index is 12.4. The molecule has 1 unspecified atom stereocenters. The molecule has 0 bridgehead atoms. The molecule has 1 fully saturated rings. The number of nitrogens with two attached hydrogens (primary N) is 1. The third-order valence-electron chi connectivity index (χ3n) is 4.90. The molecule has 1 saturated heterocycles. The lowest BCUT2D eigenvalue weighted by molar-refractivity contribution is -0.130. The van der Waals surface area contributed by atoms with E-state index in [9.17, 15) is 10.1 Å². The standard InChI is InChI=1S/C18H23N3O2/c19-12-16(21-17(22)18(20)6-8-23-9-7-18)11-13-4-5-14-2-1-3-15(14)10-13/h4-5,10,16H,1-3,6-9,11,20H2,(H,21,22). The minimum absolute atomic E-state index is 0.242. The topological polar surface area (TPSA) is 88.1 Å². The van der Waals surface area contributed by atoms with Gasteiger partial charge in [-0.05, 0) is 48.8 Å². The molecule has 2 aliphatic rings. The Morgan fingerprint density at radius 1 is 1.35 bits per heavy atom. The van der Waals surface area contributed by atoms with Gasteiger partial charge >= 0.3 is 0 Å². The van der Waals surface area contributed by atoms with Crippen molar-refractivity contribution in [3.05, 3.63) is 34.9 Å². The van der Waals surface area contributed by atoms with Gasteiger partial charge in [0.05, 0.1) is 11.6 Å². The van der Waals surface area contributed by atoms with Gasteiger partial charge in [-0.15, -0.1) is 0 Å². The molecule has 1 aliphatic heterocycles. The first-order valence-corrected chi connectivity index (χ1v) is 8.29. The van der Waals surface area contributed by atoms with Crippen LogP contribution in [-0.4, -0.2) is 30.7 Å². The van der Waals surface area contributed by atoms with Gasteiger partial charge in [0.15, 0.2) is 0 Å². The number of carbonyl (C=O) groups excluding carboxylic acids is 1. The summed E-state index contributed by atoms with van der Waals surface area (Å²) in [7, 11) is 0. The molecule has 0 radical (unpaired) electrons. The van der Waals surface area contributed by atoms with Crippen LogP contribution < -0.4 is 11.1 Å². The van der Waals surface area contributed by atoms with Crippen LogP contribution >= 0.6 is 0 Å². The zero-order valence-electron chi connectivity index (χ0n) is 13.3. The van der Waals surface area contributed by atoms with Gasteiger partial charge in [0.1, 0.15) is 6.04 Å². The molecule has 23 heavy (non-hydrogen) atoms. The number of nitriles is 1. The molecule has 1 aliphatic carbocycles. The fourth-order valence-corrected chi connectivity index (χ4v) is 3.38. The normalized spacial score (nSPS) is 20.3. The largest absolute Gasteiger partial charge is 0.381 e. The highest BCUT2D eigenvalue weighted by molar-refractivity contribution is 5.86. The second-order valence-corrected chi connectivity index (χ2v) is 6.58. The summed E-state index contributed by atoms with van der Waals surface area (Å²) in [5.41, 5.74) is 9.14. The lowest BCUT2D eigenvalue weighted by atomic mass is 9.90. The molecule has 5 nitrogen and oxygen atoms in total. The summed E-state index contributed by atoms with van der Waals surface area (Å²) in [5.74, 6) is -0.242. The minimum Gasteiger partial charge on any atom is -0.381 e. The lowest BCUT2D eigenvalue weighted by Gasteiger charge is -2.32. The Morgan fingerprint density at radius 3 is 2.83 bits per heavy atom. The molecule has 1 amide bonds. The molecule has 0 saturated carbocycles. The van der Waals surface area contributed by atoms with E-state index < -0.39 is 11.6 Å². The number of aryl methyl sites for hydroxylation is 2. The van der Waals surface area contributed by atoms with Crippen molar-refractivity contribution in [3.63, 3.8) is 0 Å². The van der Waals surface area contributed by atoms with Crippen LogP contribution in [0, 0.1) is 11.3 Å². The van der Waals surface area contributed by atoms with Crippen LogP contribution in [0.2, 0.25) is 0 Å². The van der Waals surface area contributed by atoms with Crippen LogP contribution in [0.3, 0.4) is 0 Å². The molecule has 3 N–H and O–H groups in total. The van der Waals surface area contributed by atoms with Gasteiger partial charge in [-0.1, -0.05) is 18.2 Å². The smallest absolute Gasteiger partial charge is 0.241 e. The average molecular weight is 313 g/mol. The van der Waals surface area contributed by atoms with Crippen molar-refractivity contribution in [2.24, 2.45) is 5.73 Å². The number of nitrogens with zero attached hydrogens (tertiary/aromatic N) is 1. The Hall–Kier alpha value is -1.90. The fraction of sp³-hybridized carbons (Fsp3) is 0.556. The van der Waals surface area contributed by atoms with E-state index in [0.29, 0.717) is 32.5 Å². The molecule has 0 aromatic heterocycles. The van der Waals surface area contributed by atoms with Crippen molar-refractivity contribution in [1.82, 2.24) is 5.32 Å². The summed E-state index contributed by atoms with van der Waals surface area (Å²) in [6.07, 6.45) is 4.97. The SMILES string of the molecule is N#CC(Cc1ccc2c(c1)CCC2)NC(=O)C1(N)CCOCC1.